The Kier molecular flexibility index (Phi) is 10.3. The van der Waals surface area contributed by atoms with Gasteiger partial charge in [0.05, 0.1) is 12.1 Å². The first-order valence-electron chi connectivity index (χ1n) is 12.4. The van der Waals surface area contributed by atoms with Crippen molar-refractivity contribution in [3.8, 4) is 0 Å². The first-order chi connectivity index (χ1) is 17.8. The number of urea groups is 1. The molecule has 39 heavy (non-hydrogen) atoms. The summed E-state index contributed by atoms with van der Waals surface area (Å²) in [6.07, 6.45) is -1.05. The third-order valence-electron chi connectivity index (χ3n) is 6.66. The Morgan fingerprint density at radius 1 is 1.18 bits per heavy atom. The summed E-state index contributed by atoms with van der Waals surface area (Å²) in [4.78, 5) is 39.4. The molecule has 0 radical (unpaired) electrons. The Bertz CT molecular complexity index is 1160. The summed E-state index contributed by atoms with van der Waals surface area (Å²) in [6.45, 7) is 10.6. The van der Waals surface area contributed by atoms with Gasteiger partial charge in [0.15, 0.2) is 0 Å². The number of amides is 3. The Labute approximate surface area is 234 Å². The molecule has 1 heterocycles. The number of ether oxygens (including phenoxy) is 2. The molecular weight excluding hydrogens is 554 g/mol. The molecule has 220 valence electrons. The van der Waals surface area contributed by atoms with Crippen LogP contribution >= 0.6 is 11.6 Å². The molecule has 0 spiro atoms. The highest BCUT2D eigenvalue weighted by Crippen LogP contribution is 2.46. The van der Waals surface area contributed by atoms with E-state index in [1.807, 2.05) is 13.8 Å². The molecule has 14 heteroatoms. The minimum absolute atomic E-state index is 0.191. The fourth-order valence-corrected chi connectivity index (χ4v) is 4.75. The quantitative estimate of drug-likeness (QED) is 0.249. The molecule has 1 unspecified atom stereocenters. The summed E-state index contributed by atoms with van der Waals surface area (Å²) in [5.74, 6) is -1.82. The molecule has 1 aliphatic heterocycles. The van der Waals surface area contributed by atoms with E-state index in [1.54, 1.807) is 43.0 Å². The van der Waals surface area contributed by atoms with E-state index in [4.69, 9.17) is 20.9 Å². The number of carbonyl (C=O) groups is 3. The molecule has 0 aliphatic carbocycles. The Morgan fingerprint density at radius 2 is 1.77 bits per heavy atom. The molecule has 2 atom stereocenters. The van der Waals surface area contributed by atoms with Crippen molar-refractivity contribution in [1.29, 1.82) is 0 Å². The molecule has 1 aromatic carbocycles. The fourth-order valence-electron chi connectivity index (χ4n) is 4.38. The molecule has 12 nitrogen and oxygen atoms in total. The highest BCUT2D eigenvalue weighted by atomic mass is 35.5. The highest BCUT2D eigenvalue weighted by molar-refractivity contribution is 7.85. The third kappa shape index (κ3) is 8.95. The SMILES string of the molecule is CC(C)C(NC(=O)NCC(C)(C)OC(=O)OCS(=O)(=O)O)C(=O)N1CC[C@](O)(c2ccc(Cl)cc2)C(C)(C)C1. The molecular formula is C25H38ClN3O9S. The number of halogens is 1. The number of nitrogens with zero attached hydrogens (tertiary/aromatic N) is 1. The van der Waals surface area contributed by atoms with Gasteiger partial charge in [-0.15, -0.1) is 0 Å². The van der Waals surface area contributed by atoms with Crippen molar-refractivity contribution in [1.82, 2.24) is 15.5 Å². The molecule has 4 N–H and O–H groups in total. The first kappa shape index (κ1) is 32.6. The highest BCUT2D eigenvalue weighted by Gasteiger charge is 2.50. The van der Waals surface area contributed by atoms with E-state index in [2.05, 4.69) is 15.4 Å². The molecule has 0 aromatic heterocycles. The van der Waals surface area contributed by atoms with Gasteiger partial charge in [-0.2, -0.15) is 8.42 Å². The van der Waals surface area contributed by atoms with E-state index < -0.39 is 50.9 Å². The number of carbonyl (C=O) groups excluding carboxylic acids is 3. The van der Waals surface area contributed by atoms with Crippen LogP contribution in [0.2, 0.25) is 5.02 Å². The van der Waals surface area contributed by atoms with E-state index in [1.165, 1.54) is 13.8 Å². The topological polar surface area (TPSA) is 172 Å². The smallest absolute Gasteiger partial charge is 0.426 e. The molecule has 1 fully saturated rings. The predicted octanol–water partition coefficient (Wildman–Crippen LogP) is 2.89. The molecule has 3 amide bonds. The molecule has 0 bridgehead atoms. The molecule has 0 saturated carbocycles. The van der Waals surface area contributed by atoms with E-state index in [9.17, 15) is 27.9 Å². The van der Waals surface area contributed by atoms with Crippen molar-refractivity contribution >= 4 is 39.8 Å². The maximum Gasteiger partial charge on any atom is 0.509 e. The third-order valence-corrected chi connectivity index (χ3v) is 7.33. The molecule has 1 saturated heterocycles. The Balaban J connectivity index is 2.00. The van der Waals surface area contributed by atoms with Crippen molar-refractivity contribution in [3.05, 3.63) is 34.9 Å². The predicted molar refractivity (Wildman–Crippen MR) is 144 cm³/mol. The second kappa shape index (κ2) is 12.3. The van der Waals surface area contributed by atoms with Crippen LogP contribution in [0.3, 0.4) is 0 Å². The average Bonchev–Trinajstić information content (AvgIpc) is 2.81. The Morgan fingerprint density at radius 3 is 2.28 bits per heavy atom. The number of nitrogens with one attached hydrogen (secondary N) is 2. The van der Waals surface area contributed by atoms with E-state index in [0.29, 0.717) is 17.0 Å². The molecule has 2 rings (SSSR count). The fraction of sp³-hybridized carbons (Fsp3) is 0.640. The summed E-state index contributed by atoms with van der Waals surface area (Å²) < 4.78 is 39.3. The standard InChI is InChI=1S/C25H38ClN3O9S/c1-16(2)19(28-21(31)27-13-24(5,6)38-22(32)37-15-39(34,35)36)20(30)29-12-11-25(33,23(3,4)14-29)17-7-9-18(26)10-8-17/h7-10,16,19,33H,11-15H2,1-6H3,(H2,27,28,31)(H,34,35,36)/t19?,25-/m0/s1. The zero-order chi connectivity index (χ0) is 29.8. The summed E-state index contributed by atoms with van der Waals surface area (Å²) in [5.41, 5.74) is -2.47. The van der Waals surface area contributed by atoms with Crippen LogP contribution in [0, 0.1) is 11.3 Å². The van der Waals surface area contributed by atoms with Crippen LogP contribution in [-0.4, -0.2) is 78.3 Å². The lowest BCUT2D eigenvalue weighted by Gasteiger charge is -2.51. The Hall–Kier alpha value is -2.61. The van der Waals surface area contributed by atoms with Crippen LogP contribution in [-0.2, 0) is 30.0 Å². The lowest BCUT2D eigenvalue weighted by Crippen LogP contribution is -2.61. The van der Waals surface area contributed by atoms with Gasteiger partial charge < -0.3 is 30.1 Å². The zero-order valence-corrected chi connectivity index (χ0v) is 24.6. The summed E-state index contributed by atoms with van der Waals surface area (Å²) in [7, 11) is -4.53. The van der Waals surface area contributed by atoms with Gasteiger partial charge in [0, 0.05) is 23.5 Å². The number of benzene rings is 1. The van der Waals surface area contributed by atoms with Crippen LogP contribution < -0.4 is 10.6 Å². The van der Waals surface area contributed by atoms with Crippen LogP contribution in [0.5, 0.6) is 0 Å². The normalized spacial score (nSPS) is 20.2. The van der Waals surface area contributed by atoms with Crippen molar-refractivity contribution in [3.63, 3.8) is 0 Å². The number of aliphatic hydroxyl groups is 1. The van der Waals surface area contributed by atoms with Gasteiger partial charge in [0.25, 0.3) is 0 Å². The molecule has 1 aliphatic rings. The van der Waals surface area contributed by atoms with Gasteiger partial charge in [-0.05, 0) is 43.9 Å². The van der Waals surface area contributed by atoms with E-state index in [-0.39, 0.29) is 31.5 Å². The minimum Gasteiger partial charge on any atom is -0.426 e. The van der Waals surface area contributed by atoms with Gasteiger partial charge in [-0.3, -0.25) is 9.35 Å². The second-order valence-corrected chi connectivity index (χ2v) is 13.1. The van der Waals surface area contributed by atoms with Gasteiger partial charge in [0.2, 0.25) is 11.8 Å². The number of piperidine rings is 1. The van der Waals surface area contributed by atoms with E-state index in [0.717, 1.165) is 0 Å². The number of rotatable bonds is 9. The van der Waals surface area contributed by atoms with Crippen LogP contribution in [0.25, 0.3) is 0 Å². The maximum absolute atomic E-state index is 13.5. The van der Waals surface area contributed by atoms with Gasteiger partial charge >= 0.3 is 22.3 Å². The van der Waals surface area contributed by atoms with Crippen molar-refractivity contribution in [2.75, 3.05) is 25.6 Å². The number of hydrogen-bond acceptors (Lipinski definition) is 8. The van der Waals surface area contributed by atoms with E-state index >= 15 is 0 Å². The molecule has 1 aromatic rings. The van der Waals surface area contributed by atoms with Gasteiger partial charge in [-0.25, -0.2) is 9.59 Å². The van der Waals surface area contributed by atoms with Crippen molar-refractivity contribution in [2.45, 2.75) is 65.2 Å². The largest absolute Gasteiger partial charge is 0.509 e. The second-order valence-electron chi connectivity index (χ2n) is 11.3. The van der Waals surface area contributed by atoms with Crippen LogP contribution in [0.15, 0.2) is 24.3 Å². The summed E-state index contributed by atoms with van der Waals surface area (Å²) in [5, 5.41) is 17.3. The first-order valence-corrected chi connectivity index (χ1v) is 14.4. The van der Waals surface area contributed by atoms with Crippen LogP contribution in [0.1, 0.15) is 53.5 Å². The number of likely N-dealkylation sites (tertiary alicyclic amines) is 1. The van der Waals surface area contributed by atoms with Gasteiger partial charge in [0.1, 0.15) is 11.6 Å². The lowest BCUT2D eigenvalue weighted by molar-refractivity contribution is -0.155. The number of hydrogen-bond donors (Lipinski definition) is 4. The maximum atomic E-state index is 13.5. The lowest BCUT2D eigenvalue weighted by atomic mass is 9.66. The monoisotopic (exact) mass is 591 g/mol. The van der Waals surface area contributed by atoms with Gasteiger partial charge in [-0.1, -0.05) is 51.4 Å². The minimum atomic E-state index is -4.53. The summed E-state index contributed by atoms with van der Waals surface area (Å²) >= 11 is 6.00. The van der Waals surface area contributed by atoms with Crippen LogP contribution in [0.4, 0.5) is 9.59 Å². The zero-order valence-electron chi connectivity index (χ0n) is 23.0. The summed E-state index contributed by atoms with van der Waals surface area (Å²) in [6, 6.07) is 5.45. The van der Waals surface area contributed by atoms with Crippen molar-refractivity contribution in [2.24, 2.45) is 11.3 Å². The van der Waals surface area contributed by atoms with Crippen molar-refractivity contribution < 1.29 is 41.9 Å². The average molecular weight is 592 g/mol.